The van der Waals surface area contributed by atoms with Gasteiger partial charge in [-0.05, 0) is 23.1 Å². The molecule has 0 heterocycles. The third kappa shape index (κ3) is 6.78. The molecule has 24 heavy (non-hydrogen) atoms. The van der Waals surface area contributed by atoms with Gasteiger partial charge in [0, 0.05) is 18.7 Å². The molecule has 7 nitrogen and oxygen atoms in total. The van der Waals surface area contributed by atoms with Crippen molar-refractivity contribution in [3.05, 3.63) is 35.4 Å². The smallest absolute Gasteiger partial charge is 0.317 e. The zero-order chi connectivity index (χ0) is 18.3. The van der Waals surface area contributed by atoms with Gasteiger partial charge in [-0.1, -0.05) is 32.9 Å². The van der Waals surface area contributed by atoms with Crippen molar-refractivity contribution in [3.63, 3.8) is 0 Å². The average Bonchev–Trinajstić information content (AvgIpc) is 2.45. The lowest BCUT2D eigenvalue weighted by Gasteiger charge is -2.19. The average molecular weight is 336 g/mol. The molecule has 0 aliphatic heterocycles. The van der Waals surface area contributed by atoms with Crippen LogP contribution in [0.15, 0.2) is 24.3 Å². The summed E-state index contributed by atoms with van der Waals surface area (Å²) in [6.07, 6.45) is 0. The van der Waals surface area contributed by atoms with E-state index in [2.05, 4.69) is 26.1 Å². The molecule has 1 rings (SSSR count). The third-order valence-electron chi connectivity index (χ3n) is 3.44. The van der Waals surface area contributed by atoms with E-state index >= 15 is 0 Å². The van der Waals surface area contributed by atoms with E-state index in [-0.39, 0.29) is 37.5 Å². The molecular formula is C17H24N2O5. The summed E-state index contributed by atoms with van der Waals surface area (Å²) in [6.45, 7) is 5.79. The molecule has 0 aromatic heterocycles. The molecule has 0 saturated heterocycles. The lowest BCUT2D eigenvalue weighted by molar-refractivity contribution is -0.141. The summed E-state index contributed by atoms with van der Waals surface area (Å²) in [6, 6.07) is 7.27. The van der Waals surface area contributed by atoms with E-state index < -0.39 is 11.9 Å². The Morgan fingerprint density at radius 3 is 1.92 bits per heavy atom. The van der Waals surface area contributed by atoms with Gasteiger partial charge in [0.1, 0.15) is 0 Å². The van der Waals surface area contributed by atoms with Gasteiger partial charge in [0.2, 0.25) is 0 Å². The van der Waals surface area contributed by atoms with Gasteiger partial charge in [-0.15, -0.1) is 0 Å². The van der Waals surface area contributed by atoms with Crippen LogP contribution in [-0.4, -0.2) is 59.1 Å². The SMILES string of the molecule is CC(C)(C)c1ccc(C(=O)NCCN(CC(=O)O)CC(=O)O)cc1. The Balaban J connectivity index is 2.55. The Kier molecular flexibility index (Phi) is 6.91. The minimum Gasteiger partial charge on any atom is -0.480 e. The normalized spacial score (nSPS) is 11.3. The molecule has 0 aliphatic rings. The van der Waals surface area contributed by atoms with Crippen molar-refractivity contribution >= 4 is 17.8 Å². The number of carbonyl (C=O) groups excluding carboxylic acids is 1. The van der Waals surface area contributed by atoms with Gasteiger partial charge in [0.15, 0.2) is 0 Å². The monoisotopic (exact) mass is 336 g/mol. The molecule has 0 aliphatic carbocycles. The Morgan fingerprint density at radius 2 is 1.50 bits per heavy atom. The van der Waals surface area contributed by atoms with Gasteiger partial charge in [-0.3, -0.25) is 19.3 Å². The predicted molar refractivity (Wildman–Crippen MR) is 89.2 cm³/mol. The van der Waals surface area contributed by atoms with Gasteiger partial charge < -0.3 is 15.5 Å². The van der Waals surface area contributed by atoms with E-state index in [4.69, 9.17) is 10.2 Å². The van der Waals surface area contributed by atoms with E-state index in [1.165, 1.54) is 4.90 Å². The number of aliphatic carboxylic acids is 2. The second-order valence-electron chi connectivity index (χ2n) is 6.58. The number of amides is 1. The highest BCUT2D eigenvalue weighted by atomic mass is 16.4. The quantitative estimate of drug-likeness (QED) is 0.658. The summed E-state index contributed by atoms with van der Waals surface area (Å²) < 4.78 is 0. The van der Waals surface area contributed by atoms with Crippen LogP contribution in [0.5, 0.6) is 0 Å². The number of carbonyl (C=O) groups is 3. The van der Waals surface area contributed by atoms with Crippen LogP contribution in [0, 0.1) is 0 Å². The van der Waals surface area contributed by atoms with Crippen LogP contribution in [0.25, 0.3) is 0 Å². The molecular weight excluding hydrogens is 312 g/mol. The molecule has 3 N–H and O–H groups in total. The van der Waals surface area contributed by atoms with Crippen LogP contribution in [-0.2, 0) is 15.0 Å². The molecule has 7 heteroatoms. The summed E-state index contributed by atoms with van der Waals surface area (Å²) in [5, 5.41) is 20.2. The lowest BCUT2D eigenvalue weighted by Crippen LogP contribution is -2.40. The number of hydrogen-bond donors (Lipinski definition) is 3. The van der Waals surface area contributed by atoms with Crippen molar-refractivity contribution in [1.29, 1.82) is 0 Å². The Labute approximate surface area is 141 Å². The van der Waals surface area contributed by atoms with Crippen LogP contribution in [0.3, 0.4) is 0 Å². The second-order valence-corrected chi connectivity index (χ2v) is 6.58. The fourth-order valence-electron chi connectivity index (χ4n) is 2.15. The number of nitrogens with zero attached hydrogens (tertiary/aromatic N) is 1. The maximum absolute atomic E-state index is 12.1. The fourth-order valence-corrected chi connectivity index (χ4v) is 2.15. The number of nitrogens with one attached hydrogen (secondary N) is 1. The zero-order valence-electron chi connectivity index (χ0n) is 14.2. The number of benzene rings is 1. The summed E-state index contributed by atoms with van der Waals surface area (Å²) in [7, 11) is 0. The minimum absolute atomic E-state index is 0.00315. The van der Waals surface area contributed by atoms with Crippen molar-refractivity contribution in [2.75, 3.05) is 26.2 Å². The number of carboxylic acids is 2. The number of rotatable bonds is 8. The highest BCUT2D eigenvalue weighted by Crippen LogP contribution is 2.22. The van der Waals surface area contributed by atoms with Crippen LogP contribution >= 0.6 is 0 Å². The Hall–Kier alpha value is -2.41. The van der Waals surface area contributed by atoms with E-state index in [9.17, 15) is 14.4 Å². The van der Waals surface area contributed by atoms with Crippen LogP contribution in [0.4, 0.5) is 0 Å². The summed E-state index contributed by atoms with van der Waals surface area (Å²) in [5.41, 5.74) is 1.63. The first-order valence-electron chi connectivity index (χ1n) is 7.64. The first-order chi connectivity index (χ1) is 11.1. The van der Waals surface area contributed by atoms with E-state index in [1.54, 1.807) is 12.1 Å². The lowest BCUT2D eigenvalue weighted by atomic mass is 9.87. The maximum atomic E-state index is 12.1. The third-order valence-corrected chi connectivity index (χ3v) is 3.44. The topological polar surface area (TPSA) is 107 Å². The van der Waals surface area contributed by atoms with Gasteiger partial charge in [-0.25, -0.2) is 0 Å². The summed E-state index contributed by atoms with van der Waals surface area (Å²) >= 11 is 0. The molecule has 132 valence electrons. The van der Waals surface area contributed by atoms with Crippen LogP contribution in [0.1, 0.15) is 36.7 Å². The van der Waals surface area contributed by atoms with E-state index in [1.807, 2.05) is 12.1 Å². The molecule has 0 atom stereocenters. The summed E-state index contributed by atoms with van der Waals surface area (Å²) in [5.74, 6) is -2.50. The number of hydrogen-bond acceptors (Lipinski definition) is 4. The van der Waals surface area contributed by atoms with Crippen molar-refractivity contribution in [2.24, 2.45) is 0 Å². The van der Waals surface area contributed by atoms with E-state index in [0.29, 0.717) is 5.56 Å². The molecule has 0 spiro atoms. The Bertz CT molecular complexity index is 574. The Morgan fingerprint density at radius 1 is 1.00 bits per heavy atom. The van der Waals surface area contributed by atoms with Crippen LogP contribution in [0.2, 0.25) is 0 Å². The largest absolute Gasteiger partial charge is 0.480 e. The molecule has 0 bridgehead atoms. The van der Waals surface area contributed by atoms with Gasteiger partial charge in [0.25, 0.3) is 5.91 Å². The standard InChI is InChI=1S/C17H24N2O5/c1-17(2,3)13-6-4-12(5-7-13)16(24)18-8-9-19(10-14(20)21)11-15(22)23/h4-7H,8-11H2,1-3H3,(H,18,24)(H,20,21)(H,22,23). The molecule has 0 saturated carbocycles. The first-order valence-corrected chi connectivity index (χ1v) is 7.64. The molecule has 0 radical (unpaired) electrons. The van der Waals surface area contributed by atoms with E-state index in [0.717, 1.165) is 5.56 Å². The highest BCUT2D eigenvalue weighted by molar-refractivity contribution is 5.94. The molecule has 1 amide bonds. The van der Waals surface area contributed by atoms with Gasteiger partial charge >= 0.3 is 11.9 Å². The zero-order valence-corrected chi connectivity index (χ0v) is 14.2. The minimum atomic E-state index is -1.11. The molecule has 1 aromatic rings. The van der Waals surface area contributed by atoms with Gasteiger partial charge in [-0.2, -0.15) is 0 Å². The second kappa shape index (κ2) is 8.44. The fraction of sp³-hybridized carbons (Fsp3) is 0.471. The first kappa shape index (κ1) is 19.6. The molecule has 0 unspecified atom stereocenters. The van der Waals surface area contributed by atoms with Crippen molar-refractivity contribution < 1.29 is 24.6 Å². The van der Waals surface area contributed by atoms with Crippen molar-refractivity contribution in [3.8, 4) is 0 Å². The molecule has 1 aromatic carbocycles. The molecule has 0 fully saturated rings. The highest BCUT2D eigenvalue weighted by Gasteiger charge is 2.15. The van der Waals surface area contributed by atoms with Crippen LogP contribution < -0.4 is 5.32 Å². The van der Waals surface area contributed by atoms with Crippen molar-refractivity contribution in [1.82, 2.24) is 10.2 Å². The van der Waals surface area contributed by atoms with Gasteiger partial charge in [0.05, 0.1) is 13.1 Å². The predicted octanol–water partition coefficient (Wildman–Crippen LogP) is 1.19. The van der Waals surface area contributed by atoms with Crippen molar-refractivity contribution in [2.45, 2.75) is 26.2 Å². The number of carboxylic acid groups (broad SMARTS) is 2. The maximum Gasteiger partial charge on any atom is 0.317 e. The summed E-state index contributed by atoms with van der Waals surface area (Å²) in [4.78, 5) is 34.7.